The van der Waals surface area contributed by atoms with Crippen molar-refractivity contribution in [1.29, 1.82) is 0 Å². The molecule has 4 nitrogen and oxygen atoms in total. The molecule has 0 saturated carbocycles. The van der Waals surface area contributed by atoms with Crippen LogP contribution in [-0.2, 0) is 0 Å². The second-order valence-electron chi connectivity index (χ2n) is 4.72. The third-order valence-corrected chi connectivity index (χ3v) is 3.03. The van der Waals surface area contributed by atoms with Gasteiger partial charge in [-0.05, 0) is 30.7 Å². The van der Waals surface area contributed by atoms with Gasteiger partial charge in [-0.2, -0.15) is 0 Å². The van der Waals surface area contributed by atoms with E-state index in [1.165, 1.54) is 0 Å². The molecule has 0 spiro atoms. The van der Waals surface area contributed by atoms with Crippen LogP contribution in [0.3, 0.4) is 0 Å². The van der Waals surface area contributed by atoms with Gasteiger partial charge >= 0.3 is 5.97 Å². The van der Waals surface area contributed by atoms with Crippen molar-refractivity contribution in [3.63, 3.8) is 0 Å². The van der Waals surface area contributed by atoms with E-state index in [9.17, 15) is 4.79 Å². The van der Waals surface area contributed by atoms with Gasteiger partial charge in [0.15, 0.2) is 5.69 Å². The summed E-state index contributed by atoms with van der Waals surface area (Å²) in [6.45, 7) is 9.67. The second kappa shape index (κ2) is 7.84. The van der Waals surface area contributed by atoms with Gasteiger partial charge in [-0.15, -0.1) is 0 Å². The lowest BCUT2D eigenvalue weighted by Gasteiger charge is -2.07. The van der Waals surface area contributed by atoms with Gasteiger partial charge in [0.1, 0.15) is 11.5 Å². The molecule has 2 aromatic carbocycles. The zero-order valence-corrected chi connectivity index (χ0v) is 12.4. The molecule has 0 bridgehead atoms. The van der Waals surface area contributed by atoms with Gasteiger partial charge in [0.05, 0.1) is 18.7 Å². The quantitative estimate of drug-likeness (QED) is 0.337. The van der Waals surface area contributed by atoms with Crippen LogP contribution in [0.2, 0.25) is 0 Å². The highest BCUT2D eigenvalue weighted by molar-refractivity contribution is 5.91. The predicted molar refractivity (Wildman–Crippen MR) is 84.5 cm³/mol. The Morgan fingerprint density at radius 1 is 1.05 bits per heavy atom. The molecular weight excluding hydrogens is 278 g/mol. The van der Waals surface area contributed by atoms with Crippen molar-refractivity contribution in [1.82, 2.24) is 0 Å². The first-order chi connectivity index (χ1) is 10.7. The summed E-state index contributed by atoms with van der Waals surface area (Å²) in [5, 5.41) is 0. The minimum absolute atomic E-state index is 0.413. The molecule has 0 atom stereocenters. The van der Waals surface area contributed by atoms with Crippen LogP contribution in [0.25, 0.3) is 4.85 Å². The molecule has 2 rings (SSSR count). The number of ether oxygens (including phenoxy) is 2. The van der Waals surface area contributed by atoms with Gasteiger partial charge in [0.25, 0.3) is 0 Å². The molecule has 0 radical (unpaired) electrons. The van der Waals surface area contributed by atoms with E-state index in [4.69, 9.17) is 16.0 Å². The van der Waals surface area contributed by atoms with Crippen molar-refractivity contribution in [2.24, 2.45) is 0 Å². The Kier molecular flexibility index (Phi) is 5.56. The minimum atomic E-state index is -0.448. The van der Waals surface area contributed by atoms with Crippen LogP contribution in [0.1, 0.15) is 30.1 Å². The van der Waals surface area contributed by atoms with Gasteiger partial charge < -0.3 is 9.47 Å². The summed E-state index contributed by atoms with van der Waals surface area (Å²) >= 11 is 0. The fourth-order valence-electron chi connectivity index (χ4n) is 1.78. The van der Waals surface area contributed by atoms with Gasteiger partial charge in [-0.25, -0.2) is 9.64 Å². The number of rotatable bonds is 6. The molecule has 0 N–H and O–H groups in total. The molecular formula is C18H17NO3. The Morgan fingerprint density at radius 2 is 1.68 bits per heavy atom. The van der Waals surface area contributed by atoms with Gasteiger partial charge in [-0.3, -0.25) is 0 Å². The van der Waals surface area contributed by atoms with Crippen LogP contribution in [0, 0.1) is 6.57 Å². The summed E-state index contributed by atoms with van der Waals surface area (Å²) in [4.78, 5) is 15.3. The number of nitrogens with zero attached hydrogens (tertiary/aromatic N) is 1. The maximum atomic E-state index is 12.0. The van der Waals surface area contributed by atoms with Gasteiger partial charge in [-0.1, -0.05) is 37.6 Å². The predicted octanol–water partition coefficient (Wildman–Crippen LogP) is 4.64. The fraction of sp³-hybridized carbons (Fsp3) is 0.222. The smallest absolute Gasteiger partial charge is 0.343 e. The number of esters is 1. The molecule has 0 unspecified atom stereocenters. The molecule has 2 aromatic rings. The Balaban J connectivity index is 1.94. The summed E-state index contributed by atoms with van der Waals surface area (Å²) in [6, 6.07) is 13.3. The first-order valence-corrected chi connectivity index (χ1v) is 7.15. The van der Waals surface area contributed by atoms with Crippen molar-refractivity contribution >= 4 is 11.7 Å². The van der Waals surface area contributed by atoms with Gasteiger partial charge in [0, 0.05) is 0 Å². The lowest BCUT2D eigenvalue weighted by Crippen LogP contribution is -2.08. The molecule has 0 aliphatic heterocycles. The minimum Gasteiger partial charge on any atom is -0.494 e. The first-order valence-electron chi connectivity index (χ1n) is 7.15. The SMILES string of the molecule is [C-]#[N+]c1ccc(C(=O)Oc2ccc(OCCCC)cc2)cc1. The highest BCUT2D eigenvalue weighted by Crippen LogP contribution is 2.20. The van der Waals surface area contributed by atoms with Crippen molar-refractivity contribution < 1.29 is 14.3 Å². The monoisotopic (exact) mass is 295 g/mol. The Labute approximate surface area is 130 Å². The lowest BCUT2D eigenvalue weighted by molar-refractivity contribution is 0.0734. The molecule has 0 aromatic heterocycles. The van der Waals surface area contributed by atoms with E-state index < -0.39 is 5.97 Å². The van der Waals surface area contributed by atoms with Crippen LogP contribution in [-0.4, -0.2) is 12.6 Å². The third-order valence-electron chi connectivity index (χ3n) is 3.03. The largest absolute Gasteiger partial charge is 0.494 e. The zero-order valence-electron chi connectivity index (χ0n) is 12.4. The average Bonchev–Trinajstić information content (AvgIpc) is 2.57. The van der Waals surface area contributed by atoms with E-state index in [2.05, 4.69) is 11.8 Å². The first kappa shape index (κ1) is 15.6. The van der Waals surface area contributed by atoms with E-state index in [0.29, 0.717) is 23.6 Å². The van der Waals surface area contributed by atoms with E-state index in [1.54, 1.807) is 48.5 Å². The van der Waals surface area contributed by atoms with Crippen molar-refractivity contribution in [3.05, 3.63) is 65.5 Å². The van der Waals surface area contributed by atoms with Crippen LogP contribution in [0.5, 0.6) is 11.5 Å². The van der Waals surface area contributed by atoms with Crippen LogP contribution < -0.4 is 9.47 Å². The second-order valence-corrected chi connectivity index (χ2v) is 4.72. The summed E-state index contributed by atoms with van der Waals surface area (Å²) in [7, 11) is 0. The van der Waals surface area contributed by atoms with E-state index in [1.807, 2.05) is 0 Å². The summed E-state index contributed by atoms with van der Waals surface area (Å²) in [5.41, 5.74) is 0.904. The van der Waals surface area contributed by atoms with E-state index in [-0.39, 0.29) is 0 Å². The van der Waals surface area contributed by atoms with E-state index in [0.717, 1.165) is 18.6 Å². The fourth-order valence-corrected chi connectivity index (χ4v) is 1.78. The molecule has 0 amide bonds. The van der Waals surface area contributed by atoms with Crippen molar-refractivity contribution in [3.8, 4) is 11.5 Å². The number of unbranched alkanes of at least 4 members (excludes halogenated alkanes) is 1. The summed E-state index contributed by atoms with van der Waals surface area (Å²) in [6.07, 6.45) is 2.10. The number of benzene rings is 2. The average molecular weight is 295 g/mol. The normalized spacial score (nSPS) is 9.82. The summed E-state index contributed by atoms with van der Waals surface area (Å²) in [5.74, 6) is 0.771. The third kappa shape index (κ3) is 4.35. The lowest BCUT2D eigenvalue weighted by atomic mass is 10.2. The number of carbonyl (C=O) groups is 1. The summed E-state index contributed by atoms with van der Waals surface area (Å²) < 4.78 is 10.8. The topological polar surface area (TPSA) is 39.9 Å². The van der Waals surface area contributed by atoms with Crippen molar-refractivity contribution in [2.45, 2.75) is 19.8 Å². The van der Waals surface area contributed by atoms with E-state index >= 15 is 0 Å². The number of carbonyl (C=O) groups excluding carboxylic acids is 1. The zero-order chi connectivity index (χ0) is 15.8. The Hall–Kier alpha value is -2.80. The Bertz CT molecular complexity index is 654. The molecule has 22 heavy (non-hydrogen) atoms. The highest BCUT2D eigenvalue weighted by Gasteiger charge is 2.08. The molecule has 112 valence electrons. The Morgan fingerprint density at radius 3 is 2.27 bits per heavy atom. The number of hydrogen-bond acceptors (Lipinski definition) is 3. The van der Waals surface area contributed by atoms with Gasteiger partial charge in [0.2, 0.25) is 0 Å². The van der Waals surface area contributed by atoms with Crippen LogP contribution in [0.4, 0.5) is 5.69 Å². The van der Waals surface area contributed by atoms with Crippen molar-refractivity contribution in [2.75, 3.05) is 6.61 Å². The molecule has 0 saturated heterocycles. The standard InChI is InChI=1S/C18H17NO3/c1-3-4-13-21-16-9-11-17(12-10-16)22-18(20)14-5-7-15(19-2)8-6-14/h5-12H,3-4,13H2,1H3. The maximum Gasteiger partial charge on any atom is 0.343 e. The van der Waals surface area contributed by atoms with Crippen LogP contribution in [0.15, 0.2) is 48.5 Å². The molecule has 0 fully saturated rings. The van der Waals surface area contributed by atoms with Crippen LogP contribution >= 0.6 is 0 Å². The maximum absolute atomic E-state index is 12.0. The highest BCUT2D eigenvalue weighted by atomic mass is 16.5. The molecule has 4 heteroatoms. The molecule has 0 aliphatic rings. The number of hydrogen-bond donors (Lipinski definition) is 0. The molecule has 0 aliphatic carbocycles. The molecule has 0 heterocycles.